The van der Waals surface area contributed by atoms with Crippen LogP contribution < -0.4 is 10.6 Å². The summed E-state index contributed by atoms with van der Waals surface area (Å²) < 4.78 is 2.10. The molecule has 0 atom stereocenters. The number of anilines is 2. The lowest BCUT2D eigenvalue weighted by Crippen LogP contribution is -2.13. The van der Waals surface area contributed by atoms with Crippen LogP contribution in [-0.4, -0.2) is 15.5 Å². The van der Waals surface area contributed by atoms with E-state index in [1.807, 2.05) is 36.8 Å². The van der Waals surface area contributed by atoms with Crippen LogP contribution in [0.15, 0.2) is 36.8 Å². The van der Waals surface area contributed by atoms with Crippen molar-refractivity contribution in [3.63, 3.8) is 0 Å². The van der Waals surface area contributed by atoms with Crippen LogP contribution in [0.25, 0.3) is 0 Å². The van der Waals surface area contributed by atoms with Crippen LogP contribution in [0.2, 0.25) is 0 Å². The predicted octanol–water partition coefficient (Wildman–Crippen LogP) is 2.86. The highest BCUT2D eigenvalue weighted by Gasteiger charge is 2.29. The van der Waals surface area contributed by atoms with Gasteiger partial charge in [-0.05, 0) is 38.0 Å². The van der Waals surface area contributed by atoms with Crippen LogP contribution in [0, 0.1) is 5.92 Å². The van der Waals surface area contributed by atoms with Crippen molar-refractivity contribution in [3.05, 3.63) is 42.5 Å². The highest BCUT2D eigenvalue weighted by molar-refractivity contribution is 5.94. The van der Waals surface area contributed by atoms with Gasteiger partial charge in [0.1, 0.15) is 0 Å². The minimum Gasteiger partial charge on any atom is -0.379 e. The van der Waals surface area contributed by atoms with Crippen molar-refractivity contribution in [1.82, 2.24) is 9.55 Å². The van der Waals surface area contributed by atoms with Gasteiger partial charge < -0.3 is 15.2 Å². The number of nitrogens with one attached hydrogen (secondary N) is 2. The molecule has 21 heavy (non-hydrogen) atoms. The Kier molecular flexibility index (Phi) is 3.90. The normalized spacial score (nSPS) is 14.0. The number of carbonyl (C=O) groups excluding carboxylic acids is 1. The fraction of sp³-hybridized carbons (Fsp3) is 0.375. The number of amides is 1. The Labute approximate surface area is 124 Å². The summed E-state index contributed by atoms with van der Waals surface area (Å²) in [6, 6.07) is 7.83. The summed E-state index contributed by atoms with van der Waals surface area (Å²) >= 11 is 0. The Morgan fingerprint density at radius 3 is 2.95 bits per heavy atom. The number of nitrogens with zero attached hydrogens (tertiary/aromatic N) is 2. The van der Waals surface area contributed by atoms with E-state index in [0.29, 0.717) is 6.54 Å². The first kappa shape index (κ1) is 13.7. The minimum absolute atomic E-state index is 0.135. The molecule has 2 N–H and O–H groups in total. The number of benzene rings is 1. The van der Waals surface area contributed by atoms with E-state index in [0.717, 1.165) is 36.5 Å². The molecule has 110 valence electrons. The van der Waals surface area contributed by atoms with Crippen LogP contribution in [-0.2, 0) is 17.9 Å². The van der Waals surface area contributed by atoms with Crippen molar-refractivity contribution in [1.29, 1.82) is 0 Å². The van der Waals surface area contributed by atoms with Gasteiger partial charge in [-0.3, -0.25) is 4.79 Å². The summed E-state index contributed by atoms with van der Waals surface area (Å²) in [6.45, 7) is 3.72. The minimum atomic E-state index is 0.135. The van der Waals surface area contributed by atoms with E-state index in [-0.39, 0.29) is 11.8 Å². The second-order valence-electron chi connectivity index (χ2n) is 5.37. The van der Waals surface area contributed by atoms with E-state index in [1.165, 1.54) is 0 Å². The quantitative estimate of drug-likeness (QED) is 0.857. The molecule has 5 nitrogen and oxygen atoms in total. The molecular formula is C16H20N4O. The number of carbonyl (C=O) groups is 1. The van der Waals surface area contributed by atoms with Gasteiger partial charge in [0.15, 0.2) is 0 Å². The number of hydrogen-bond donors (Lipinski definition) is 2. The molecule has 3 rings (SSSR count). The van der Waals surface area contributed by atoms with Gasteiger partial charge in [0.2, 0.25) is 5.91 Å². The van der Waals surface area contributed by atoms with E-state index in [4.69, 9.17) is 0 Å². The molecule has 0 bridgehead atoms. The zero-order chi connectivity index (χ0) is 14.7. The molecule has 0 unspecified atom stereocenters. The largest absolute Gasteiger partial charge is 0.379 e. The molecule has 0 saturated heterocycles. The molecule has 5 heteroatoms. The molecule has 1 aliphatic carbocycles. The zero-order valence-corrected chi connectivity index (χ0v) is 12.2. The maximum absolute atomic E-state index is 11.8. The molecule has 0 aliphatic heterocycles. The maximum atomic E-state index is 11.8. The number of imidazole rings is 1. The summed E-state index contributed by atoms with van der Waals surface area (Å²) in [4.78, 5) is 15.9. The third-order valence-electron chi connectivity index (χ3n) is 3.69. The molecule has 1 saturated carbocycles. The average molecular weight is 284 g/mol. The van der Waals surface area contributed by atoms with E-state index in [9.17, 15) is 4.79 Å². The summed E-state index contributed by atoms with van der Waals surface area (Å²) in [5.74, 6) is 0.358. The molecule has 1 heterocycles. The van der Waals surface area contributed by atoms with Crippen molar-refractivity contribution < 1.29 is 4.79 Å². The number of rotatable bonds is 6. The van der Waals surface area contributed by atoms with Crippen molar-refractivity contribution >= 4 is 17.3 Å². The van der Waals surface area contributed by atoms with Crippen LogP contribution in [0.3, 0.4) is 0 Å². The van der Waals surface area contributed by atoms with Crippen LogP contribution in [0.1, 0.15) is 25.5 Å². The lowest BCUT2D eigenvalue weighted by molar-refractivity contribution is -0.117. The van der Waals surface area contributed by atoms with Crippen molar-refractivity contribution in [2.45, 2.75) is 32.9 Å². The van der Waals surface area contributed by atoms with Crippen molar-refractivity contribution in [2.75, 3.05) is 10.6 Å². The van der Waals surface area contributed by atoms with E-state index in [2.05, 4.69) is 27.1 Å². The van der Waals surface area contributed by atoms with Gasteiger partial charge in [0.05, 0.1) is 18.6 Å². The topological polar surface area (TPSA) is 59.0 Å². The molecule has 1 aromatic carbocycles. The van der Waals surface area contributed by atoms with Gasteiger partial charge in [0.25, 0.3) is 0 Å². The third kappa shape index (κ3) is 3.42. The first-order valence-electron chi connectivity index (χ1n) is 7.40. The van der Waals surface area contributed by atoms with Crippen LogP contribution in [0.4, 0.5) is 11.4 Å². The Morgan fingerprint density at radius 1 is 1.38 bits per heavy atom. The van der Waals surface area contributed by atoms with E-state index in [1.54, 1.807) is 0 Å². The van der Waals surface area contributed by atoms with Crippen molar-refractivity contribution in [3.8, 4) is 0 Å². The Morgan fingerprint density at radius 2 is 2.19 bits per heavy atom. The highest BCUT2D eigenvalue weighted by atomic mass is 16.2. The maximum Gasteiger partial charge on any atom is 0.227 e. The number of aromatic nitrogens is 2. The molecule has 1 amide bonds. The van der Waals surface area contributed by atoms with Gasteiger partial charge >= 0.3 is 0 Å². The molecular weight excluding hydrogens is 264 g/mol. The van der Waals surface area contributed by atoms with Gasteiger partial charge in [0, 0.05) is 30.0 Å². The second kappa shape index (κ2) is 5.99. The standard InChI is InChI=1S/C16H20N4O/c1-2-20-11-17-9-15(20)10-18-13-4-3-5-14(8-13)19-16(21)12-6-7-12/h3-5,8-9,11-12,18H,2,6-7,10H2,1H3,(H,19,21). The summed E-state index contributed by atoms with van der Waals surface area (Å²) in [5, 5.41) is 6.33. The first-order valence-corrected chi connectivity index (χ1v) is 7.40. The molecule has 2 aromatic rings. The third-order valence-corrected chi connectivity index (χ3v) is 3.69. The zero-order valence-electron chi connectivity index (χ0n) is 12.2. The molecule has 1 aliphatic rings. The van der Waals surface area contributed by atoms with Gasteiger partial charge in [-0.15, -0.1) is 0 Å². The first-order chi connectivity index (χ1) is 10.3. The predicted molar refractivity (Wildman–Crippen MR) is 83.0 cm³/mol. The SMILES string of the molecule is CCn1cncc1CNc1cccc(NC(=O)C2CC2)c1. The van der Waals surface area contributed by atoms with E-state index < -0.39 is 0 Å². The lowest BCUT2D eigenvalue weighted by Gasteiger charge is -2.10. The fourth-order valence-electron chi connectivity index (χ4n) is 2.27. The summed E-state index contributed by atoms with van der Waals surface area (Å²) in [7, 11) is 0. The molecule has 1 fully saturated rings. The lowest BCUT2D eigenvalue weighted by atomic mass is 10.2. The van der Waals surface area contributed by atoms with E-state index >= 15 is 0 Å². The van der Waals surface area contributed by atoms with Crippen LogP contribution >= 0.6 is 0 Å². The monoisotopic (exact) mass is 284 g/mol. The molecule has 1 aromatic heterocycles. The number of aryl methyl sites for hydroxylation is 1. The molecule has 0 spiro atoms. The highest BCUT2D eigenvalue weighted by Crippen LogP contribution is 2.30. The van der Waals surface area contributed by atoms with Gasteiger partial charge in [-0.2, -0.15) is 0 Å². The second-order valence-corrected chi connectivity index (χ2v) is 5.37. The summed E-state index contributed by atoms with van der Waals surface area (Å²) in [5.41, 5.74) is 2.98. The van der Waals surface area contributed by atoms with Crippen LogP contribution in [0.5, 0.6) is 0 Å². The Bertz CT molecular complexity index is 631. The average Bonchev–Trinajstić information content (AvgIpc) is 3.25. The van der Waals surface area contributed by atoms with Gasteiger partial charge in [-0.25, -0.2) is 4.98 Å². The van der Waals surface area contributed by atoms with Gasteiger partial charge in [-0.1, -0.05) is 6.07 Å². The number of hydrogen-bond acceptors (Lipinski definition) is 3. The fourth-order valence-corrected chi connectivity index (χ4v) is 2.27. The Balaban J connectivity index is 1.61. The van der Waals surface area contributed by atoms with Crippen molar-refractivity contribution in [2.24, 2.45) is 5.92 Å². The molecule has 0 radical (unpaired) electrons. The summed E-state index contributed by atoms with van der Waals surface area (Å²) in [6.07, 6.45) is 5.74. The smallest absolute Gasteiger partial charge is 0.227 e. The Hall–Kier alpha value is -2.30.